The summed E-state index contributed by atoms with van der Waals surface area (Å²) in [4.78, 5) is 29.8. The molecule has 0 fully saturated rings. The lowest BCUT2D eigenvalue weighted by molar-refractivity contribution is -0.129. The summed E-state index contributed by atoms with van der Waals surface area (Å²) in [5, 5.41) is 0. The van der Waals surface area contributed by atoms with Crippen molar-refractivity contribution >= 4 is 19.6 Å². The van der Waals surface area contributed by atoms with Crippen LogP contribution in [0.2, 0.25) is 0 Å². The highest BCUT2D eigenvalue weighted by molar-refractivity contribution is 7.38. The molecule has 0 radical (unpaired) electrons. The van der Waals surface area contributed by atoms with Crippen molar-refractivity contribution in [3.63, 3.8) is 0 Å². The zero-order valence-corrected chi connectivity index (χ0v) is 7.46. The third-order valence-electron chi connectivity index (χ3n) is 1.36. The topological polar surface area (TPSA) is 71.4 Å². The summed E-state index contributed by atoms with van der Waals surface area (Å²) >= 11 is 0. The van der Waals surface area contributed by atoms with Gasteiger partial charge in [-0.25, -0.2) is 0 Å². The Balaban J connectivity index is 4.23. The minimum atomic E-state index is -2.71. The van der Waals surface area contributed by atoms with E-state index < -0.39 is 13.9 Å². The molecule has 0 aliphatic carbocycles. The van der Waals surface area contributed by atoms with Crippen LogP contribution < -0.4 is 0 Å². The average Bonchev–Trinajstić information content (AvgIpc) is 1.81. The third kappa shape index (κ3) is 4.06. The van der Waals surface area contributed by atoms with E-state index in [0.29, 0.717) is 0 Å². The Morgan fingerprint density at radius 3 is 1.82 bits per heavy atom. The fraction of sp³-hybridized carbons (Fsp3) is 0.667. The summed E-state index contributed by atoms with van der Waals surface area (Å²) in [5.74, 6) is -1.57. The maximum absolute atomic E-state index is 10.7. The molecule has 0 aromatic rings. The predicted molar refractivity (Wildman–Crippen MR) is 40.9 cm³/mol. The Bertz CT molecular complexity index is 185. The van der Waals surface area contributed by atoms with Crippen molar-refractivity contribution < 1.29 is 19.0 Å². The van der Waals surface area contributed by atoms with Crippen LogP contribution in [-0.4, -0.2) is 22.6 Å². The van der Waals surface area contributed by atoms with Crippen molar-refractivity contribution in [2.75, 3.05) is 6.16 Å². The van der Waals surface area contributed by atoms with Crippen molar-refractivity contribution in [2.24, 2.45) is 5.92 Å². The van der Waals surface area contributed by atoms with Gasteiger partial charge < -0.3 is 4.89 Å². The largest absolute Gasteiger partial charge is 0.346 e. The van der Waals surface area contributed by atoms with Crippen LogP contribution in [0, 0.1) is 5.92 Å². The second-order valence-corrected chi connectivity index (χ2v) is 3.57. The van der Waals surface area contributed by atoms with E-state index in [1.54, 1.807) is 0 Å². The molecule has 0 aliphatic rings. The number of hydrogen-bond donors (Lipinski definition) is 1. The SMILES string of the molecule is CC(=O)C(C[PH](=O)O)C(C)=O. The standard InChI is InChI=1S/C6H11O4P/c1-4(7)6(5(2)8)3-11(9)10/h6,11H,3H2,1-2H3,(H,9,10). The van der Waals surface area contributed by atoms with Gasteiger partial charge in [0.1, 0.15) is 11.6 Å². The van der Waals surface area contributed by atoms with Gasteiger partial charge in [0.15, 0.2) is 8.03 Å². The van der Waals surface area contributed by atoms with E-state index in [1.165, 1.54) is 13.8 Å². The Hall–Kier alpha value is -0.470. The summed E-state index contributed by atoms with van der Waals surface area (Å²) in [6.07, 6.45) is -0.213. The molecule has 64 valence electrons. The number of hydrogen-bond acceptors (Lipinski definition) is 3. The van der Waals surface area contributed by atoms with Crippen molar-refractivity contribution in [3.05, 3.63) is 0 Å². The van der Waals surface area contributed by atoms with Gasteiger partial charge in [0.05, 0.1) is 5.92 Å². The molecule has 0 rings (SSSR count). The maximum Gasteiger partial charge on any atom is 0.190 e. The van der Waals surface area contributed by atoms with Crippen molar-refractivity contribution in [1.82, 2.24) is 0 Å². The van der Waals surface area contributed by atoms with Gasteiger partial charge in [-0.1, -0.05) is 0 Å². The third-order valence-corrected chi connectivity index (χ3v) is 2.12. The molecule has 0 spiro atoms. The van der Waals surface area contributed by atoms with Gasteiger partial charge in [-0.05, 0) is 13.8 Å². The molecule has 0 aromatic carbocycles. The monoisotopic (exact) mass is 178 g/mol. The molecule has 0 bridgehead atoms. The molecule has 0 heterocycles. The Morgan fingerprint density at radius 2 is 1.73 bits per heavy atom. The van der Waals surface area contributed by atoms with E-state index in [9.17, 15) is 14.2 Å². The van der Waals surface area contributed by atoms with E-state index in [-0.39, 0.29) is 17.7 Å². The van der Waals surface area contributed by atoms with Crippen LogP contribution in [0.4, 0.5) is 0 Å². The predicted octanol–water partition coefficient (Wildman–Crippen LogP) is 0.248. The summed E-state index contributed by atoms with van der Waals surface area (Å²) < 4.78 is 10.3. The molecular weight excluding hydrogens is 167 g/mol. The van der Waals surface area contributed by atoms with Crippen LogP contribution in [0.5, 0.6) is 0 Å². The quantitative estimate of drug-likeness (QED) is 0.494. The minimum Gasteiger partial charge on any atom is -0.346 e. The molecular formula is C6H11O4P. The van der Waals surface area contributed by atoms with Gasteiger partial charge in [0.2, 0.25) is 0 Å². The first-order valence-corrected chi connectivity index (χ1v) is 4.74. The summed E-state index contributed by atoms with van der Waals surface area (Å²) in [6.45, 7) is 2.49. The molecule has 0 saturated carbocycles. The van der Waals surface area contributed by atoms with E-state index in [0.717, 1.165) is 0 Å². The lowest BCUT2D eigenvalue weighted by Gasteiger charge is -2.05. The fourth-order valence-corrected chi connectivity index (χ4v) is 1.67. The molecule has 1 unspecified atom stereocenters. The van der Waals surface area contributed by atoms with Gasteiger partial charge in [0, 0.05) is 6.16 Å². The van der Waals surface area contributed by atoms with E-state index in [4.69, 9.17) is 4.89 Å². The van der Waals surface area contributed by atoms with Gasteiger partial charge in [-0.2, -0.15) is 0 Å². The first kappa shape index (κ1) is 10.5. The van der Waals surface area contributed by atoms with Gasteiger partial charge >= 0.3 is 0 Å². The molecule has 1 atom stereocenters. The van der Waals surface area contributed by atoms with Crippen molar-refractivity contribution in [3.8, 4) is 0 Å². The number of rotatable bonds is 4. The maximum atomic E-state index is 10.7. The summed E-state index contributed by atoms with van der Waals surface area (Å²) in [6, 6.07) is 0. The first-order valence-electron chi connectivity index (χ1n) is 3.18. The summed E-state index contributed by atoms with van der Waals surface area (Å²) in [7, 11) is -2.71. The second-order valence-electron chi connectivity index (χ2n) is 2.37. The average molecular weight is 178 g/mol. The normalized spacial score (nSPS) is 13.1. The van der Waals surface area contributed by atoms with Crippen LogP contribution in [0.15, 0.2) is 0 Å². The van der Waals surface area contributed by atoms with Gasteiger partial charge in [-0.15, -0.1) is 0 Å². The molecule has 4 nitrogen and oxygen atoms in total. The Labute approximate surface area is 65.5 Å². The van der Waals surface area contributed by atoms with Crippen LogP contribution in [0.25, 0.3) is 0 Å². The van der Waals surface area contributed by atoms with Crippen LogP contribution in [0.1, 0.15) is 13.8 Å². The smallest absolute Gasteiger partial charge is 0.190 e. The van der Waals surface area contributed by atoms with Crippen LogP contribution in [0.3, 0.4) is 0 Å². The van der Waals surface area contributed by atoms with E-state index >= 15 is 0 Å². The molecule has 0 amide bonds. The van der Waals surface area contributed by atoms with Crippen molar-refractivity contribution in [2.45, 2.75) is 13.8 Å². The molecule has 0 aromatic heterocycles. The molecule has 11 heavy (non-hydrogen) atoms. The number of Topliss-reactive ketones (excluding diaryl/α,β-unsaturated/α-hetero) is 2. The highest BCUT2D eigenvalue weighted by atomic mass is 31.1. The number of ketones is 2. The minimum absolute atomic E-state index is 0.213. The Morgan fingerprint density at radius 1 is 1.36 bits per heavy atom. The first-order chi connectivity index (χ1) is 4.95. The molecule has 5 heteroatoms. The number of carbonyl (C=O) groups is 2. The zero-order valence-electron chi connectivity index (χ0n) is 6.46. The molecule has 1 N–H and O–H groups in total. The Kier molecular flexibility index (Phi) is 4.23. The fourth-order valence-electron chi connectivity index (χ4n) is 0.748. The lowest BCUT2D eigenvalue weighted by atomic mass is 10.0. The second kappa shape index (κ2) is 4.42. The zero-order chi connectivity index (χ0) is 9.02. The highest BCUT2D eigenvalue weighted by Gasteiger charge is 2.20. The molecule has 0 saturated heterocycles. The lowest BCUT2D eigenvalue weighted by Crippen LogP contribution is -2.21. The highest BCUT2D eigenvalue weighted by Crippen LogP contribution is 2.19. The number of carbonyl (C=O) groups excluding carboxylic acids is 2. The summed E-state index contributed by atoms with van der Waals surface area (Å²) in [5.41, 5.74) is 0. The van der Waals surface area contributed by atoms with Crippen LogP contribution >= 0.6 is 8.03 Å². The molecule has 0 aliphatic heterocycles. The van der Waals surface area contributed by atoms with E-state index in [2.05, 4.69) is 0 Å². The van der Waals surface area contributed by atoms with Gasteiger partial charge in [-0.3, -0.25) is 14.2 Å². The van der Waals surface area contributed by atoms with Gasteiger partial charge in [0.25, 0.3) is 0 Å². The van der Waals surface area contributed by atoms with E-state index in [1.807, 2.05) is 0 Å². The van der Waals surface area contributed by atoms with Crippen LogP contribution in [-0.2, 0) is 14.2 Å². The van der Waals surface area contributed by atoms with Crippen molar-refractivity contribution in [1.29, 1.82) is 0 Å².